The van der Waals surface area contributed by atoms with Gasteiger partial charge in [-0.25, -0.2) is 13.2 Å². The summed E-state index contributed by atoms with van der Waals surface area (Å²) in [5.74, 6) is -5.28. The van der Waals surface area contributed by atoms with Crippen LogP contribution in [0.4, 0.5) is 18.9 Å². The van der Waals surface area contributed by atoms with Gasteiger partial charge >= 0.3 is 0 Å². The van der Waals surface area contributed by atoms with E-state index < -0.39 is 40.9 Å². The molecule has 1 N–H and O–H groups in total. The number of aryl methyl sites for hydroxylation is 1. The van der Waals surface area contributed by atoms with E-state index in [1.807, 2.05) is 0 Å². The van der Waals surface area contributed by atoms with Crippen LogP contribution in [0.15, 0.2) is 72.3 Å². The van der Waals surface area contributed by atoms with Gasteiger partial charge in [-0.1, -0.05) is 24.3 Å². The lowest BCUT2D eigenvalue weighted by Gasteiger charge is -2.26. The highest BCUT2D eigenvalue weighted by molar-refractivity contribution is 6.51. The number of ketones is 1. The summed E-state index contributed by atoms with van der Waals surface area (Å²) in [6.45, 7) is 1.76. The molecule has 1 saturated heterocycles. The monoisotopic (exact) mass is 423 g/mol. The lowest BCUT2D eigenvalue weighted by molar-refractivity contribution is -0.132. The summed E-state index contributed by atoms with van der Waals surface area (Å²) in [7, 11) is 0. The minimum absolute atomic E-state index is 0.0348. The van der Waals surface area contributed by atoms with Gasteiger partial charge in [0.25, 0.3) is 11.7 Å². The first-order chi connectivity index (χ1) is 14.8. The highest BCUT2D eigenvalue weighted by Gasteiger charge is 2.47. The normalized spacial score (nSPS) is 17.9. The Bertz CT molecular complexity index is 1240. The number of aliphatic hydroxyl groups excluding tert-OH is 1. The number of rotatable bonds is 3. The molecule has 3 aromatic rings. The van der Waals surface area contributed by atoms with Gasteiger partial charge in [0.15, 0.2) is 11.6 Å². The number of carbonyl (C=O) groups excluding carboxylic acids is 2. The third-order valence-corrected chi connectivity index (χ3v) is 5.23. The molecule has 1 amide bonds. The number of carbonyl (C=O) groups is 2. The van der Waals surface area contributed by atoms with Gasteiger partial charge in [-0.05, 0) is 54.4 Å². The number of hydrogen-bond donors (Lipinski definition) is 1. The zero-order valence-electron chi connectivity index (χ0n) is 16.3. The Hall–Kier alpha value is -3.87. The van der Waals surface area contributed by atoms with Gasteiger partial charge in [0.05, 0.1) is 11.6 Å². The van der Waals surface area contributed by atoms with E-state index in [0.717, 1.165) is 29.2 Å². The van der Waals surface area contributed by atoms with Crippen molar-refractivity contribution in [3.05, 3.63) is 106 Å². The van der Waals surface area contributed by atoms with E-state index in [1.54, 1.807) is 31.2 Å². The van der Waals surface area contributed by atoms with Crippen molar-refractivity contribution in [3.63, 3.8) is 0 Å². The third-order valence-electron chi connectivity index (χ3n) is 5.23. The number of halogens is 3. The zero-order chi connectivity index (χ0) is 22.3. The molecule has 1 unspecified atom stereocenters. The third kappa shape index (κ3) is 3.48. The summed E-state index contributed by atoms with van der Waals surface area (Å²) in [6.07, 6.45) is 0. The number of Topliss-reactive ketones (excluding diaryl/α,β-unsaturated/α-hetero) is 1. The summed E-state index contributed by atoms with van der Waals surface area (Å²) in [5, 5.41) is 10.9. The van der Waals surface area contributed by atoms with Gasteiger partial charge in [-0.15, -0.1) is 0 Å². The number of aliphatic hydroxyl groups is 1. The molecule has 1 aliphatic heterocycles. The van der Waals surface area contributed by atoms with Crippen molar-refractivity contribution < 1.29 is 27.9 Å². The molecular formula is C24H16F3NO3. The highest BCUT2D eigenvalue weighted by atomic mass is 19.2. The standard InChI is InChI=1S/C24H16F3NO3/c1-13-4-2-3-5-17(13)21-20(22(29)14-6-8-15(25)9-7-14)23(30)24(31)28(21)16-10-11-18(26)19(27)12-16/h2-12,21,29H,1H3/b22-20+. The van der Waals surface area contributed by atoms with Crippen LogP contribution in [0.5, 0.6) is 0 Å². The van der Waals surface area contributed by atoms with E-state index in [9.17, 15) is 27.9 Å². The average Bonchev–Trinajstić information content (AvgIpc) is 3.01. The maximum absolute atomic E-state index is 13.9. The lowest BCUT2D eigenvalue weighted by atomic mass is 9.92. The molecule has 1 fully saturated rings. The van der Waals surface area contributed by atoms with E-state index in [4.69, 9.17) is 0 Å². The molecule has 0 radical (unpaired) electrons. The van der Waals surface area contributed by atoms with Gasteiger partial charge in [-0.3, -0.25) is 14.5 Å². The van der Waals surface area contributed by atoms with Crippen LogP contribution in [0.1, 0.15) is 22.7 Å². The van der Waals surface area contributed by atoms with E-state index in [1.165, 1.54) is 18.2 Å². The SMILES string of the molecule is Cc1ccccc1C1/C(=C(\O)c2ccc(F)cc2)C(=O)C(=O)N1c1ccc(F)c(F)c1. The summed E-state index contributed by atoms with van der Waals surface area (Å²) in [6, 6.07) is 13.5. The Kier molecular flexibility index (Phi) is 5.10. The molecule has 1 aliphatic rings. The van der Waals surface area contributed by atoms with Crippen molar-refractivity contribution >= 4 is 23.1 Å². The van der Waals surface area contributed by atoms with Crippen LogP contribution in [0.25, 0.3) is 5.76 Å². The van der Waals surface area contributed by atoms with Crippen molar-refractivity contribution in [2.24, 2.45) is 0 Å². The van der Waals surface area contributed by atoms with Gasteiger partial charge < -0.3 is 5.11 Å². The lowest BCUT2D eigenvalue weighted by Crippen LogP contribution is -2.30. The quantitative estimate of drug-likeness (QED) is 0.365. The molecule has 0 aromatic heterocycles. The molecule has 31 heavy (non-hydrogen) atoms. The number of anilines is 1. The van der Waals surface area contributed by atoms with Crippen molar-refractivity contribution in [2.75, 3.05) is 4.90 Å². The summed E-state index contributed by atoms with van der Waals surface area (Å²) in [4.78, 5) is 26.9. The van der Waals surface area contributed by atoms with Crippen LogP contribution in [0.2, 0.25) is 0 Å². The van der Waals surface area contributed by atoms with E-state index in [0.29, 0.717) is 11.1 Å². The van der Waals surface area contributed by atoms with Gasteiger partial charge in [-0.2, -0.15) is 0 Å². The van der Waals surface area contributed by atoms with Crippen molar-refractivity contribution in [3.8, 4) is 0 Å². The van der Waals surface area contributed by atoms with Gasteiger partial charge in [0, 0.05) is 17.3 Å². The number of nitrogens with zero attached hydrogens (tertiary/aromatic N) is 1. The Morgan fingerprint density at radius 2 is 1.58 bits per heavy atom. The van der Waals surface area contributed by atoms with Crippen LogP contribution in [-0.2, 0) is 9.59 Å². The van der Waals surface area contributed by atoms with Crippen LogP contribution in [-0.4, -0.2) is 16.8 Å². The van der Waals surface area contributed by atoms with E-state index in [2.05, 4.69) is 0 Å². The Balaban J connectivity index is 1.98. The van der Waals surface area contributed by atoms with Gasteiger partial charge in [0.2, 0.25) is 0 Å². The van der Waals surface area contributed by atoms with Crippen molar-refractivity contribution in [1.82, 2.24) is 0 Å². The first-order valence-electron chi connectivity index (χ1n) is 9.37. The molecule has 4 nitrogen and oxygen atoms in total. The number of benzene rings is 3. The first-order valence-corrected chi connectivity index (χ1v) is 9.37. The molecular weight excluding hydrogens is 407 g/mol. The second-order valence-corrected chi connectivity index (χ2v) is 7.13. The fraction of sp³-hybridized carbons (Fsp3) is 0.0833. The number of hydrogen-bond acceptors (Lipinski definition) is 3. The van der Waals surface area contributed by atoms with Crippen LogP contribution >= 0.6 is 0 Å². The maximum Gasteiger partial charge on any atom is 0.300 e. The first kappa shape index (κ1) is 20.4. The maximum atomic E-state index is 13.9. The van der Waals surface area contributed by atoms with E-state index in [-0.39, 0.29) is 16.8 Å². The Labute approximate surface area is 175 Å². The average molecular weight is 423 g/mol. The molecule has 3 aromatic carbocycles. The Morgan fingerprint density at radius 3 is 2.23 bits per heavy atom. The number of amides is 1. The minimum atomic E-state index is -1.18. The van der Waals surface area contributed by atoms with Gasteiger partial charge in [0.1, 0.15) is 11.6 Å². The van der Waals surface area contributed by atoms with Crippen molar-refractivity contribution in [1.29, 1.82) is 0 Å². The highest BCUT2D eigenvalue weighted by Crippen LogP contribution is 2.43. The minimum Gasteiger partial charge on any atom is -0.507 e. The fourth-order valence-electron chi connectivity index (χ4n) is 3.68. The second kappa shape index (κ2) is 7.75. The predicted molar refractivity (Wildman–Crippen MR) is 109 cm³/mol. The predicted octanol–water partition coefficient (Wildman–Crippen LogP) is 5.04. The van der Waals surface area contributed by atoms with E-state index >= 15 is 0 Å². The topological polar surface area (TPSA) is 57.6 Å². The molecule has 1 heterocycles. The van der Waals surface area contributed by atoms with Crippen LogP contribution in [0.3, 0.4) is 0 Å². The molecule has 7 heteroatoms. The molecule has 0 spiro atoms. The molecule has 1 atom stereocenters. The van der Waals surface area contributed by atoms with Crippen LogP contribution < -0.4 is 4.90 Å². The van der Waals surface area contributed by atoms with Crippen molar-refractivity contribution in [2.45, 2.75) is 13.0 Å². The fourth-order valence-corrected chi connectivity index (χ4v) is 3.68. The molecule has 4 rings (SSSR count). The summed E-state index contributed by atoms with van der Waals surface area (Å²) >= 11 is 0. The smallest absolute Gasteiger partial charge is 0.300 e. The molecule has 156 valence electrons. The Morgan fingerprint density at radius 1 is 0.903 bits per heavy atom. The molecule has 0 bridgehead atoms. The zero-order valence-corrected chi connectivity index (χ0v) is 16.3. The van der Waals surface area contributed by atoms with Crippen LogP contribution in [0, 0.1) is 24.4 Å². The largest absolute Gasteiger partial charge is 0.507 e. The summed E-state index contributed by atoms with van der Waals surface area (Å²) < 4.78 is 40.7. The molecule has 0 aliphatic carbocycles. The second-order valence-electron chi connectivity index (χ2n) is 7.13. The molecule has 0 saturated carbocycles. The summed E-state index contributed by atoms with van der Waals surface area (Å²) in [5.41, 5.74) is 1.12.